The number of nitrogens with zero attached hydrogens (tertiary/aromatic N) is 3. The van der Waals surface area contributed by atoms with Gasteiger partial charge in [0.1, 0.15) is 5.82 Å². The Hall–Kier alpha value is -3.51. The minimum atomic E-state index is -4.28. The fourth-order valence-electron chi connectivity index (χ4n) is 2.98. The number of carbonyl (C=O) groups excluding carboxylic acids is 1. The Balaban J connectivity index is 2.12. The minimum Gasteiger partial charge on any atom is -0.296 e. The molecule has 12 heteroatoms. The number of anilines is 1. The third-order valence-electron chi connectivity index (χ3n) is 4.76. The molecule has 0 bridgehead atoms. The number of nitrogens with one attached hydrogen (secondary N) is 1. The average Bonchev–Trinajstić information content (AvgIpc) is 2.75. The molecule has 0 saturated heterocycles. The maximum atomic E-state index is 13.7. The number of carbonyl (C=O) groups is 1. The highest BCUT2D eigenvalue weighted by atomic mass is 32.2. The molecule has 0 spiro atoms. The molecule has 0 radical (unpaired) electrons. The van der Waals surface area contributed by atoms with Crippen molar-refractivity contribution in [2.45, 2.75) is 4.90 Å². The molecule has 1 aromatic heterocycles. The van der Waals surface area contributed by atoms with Crippen LogP contribution in [0.25, 0.3) is 10.9 Å². The molecular weight excluding hydrogens is 431 g/mol. The van der Waals surface area contributed by atoms with Gasteiger partial charge in [-0.15, -0.1) is 0 Å². The van der Waals surface area contributed by atoms with Crippen molar-refractivity contribution in [2.75, 3.05) is 18.9 Å². The lowest BCUT2D eigenvalue weighted by Gasteiger charge is -2.17. The Morgan fingerprint density at radius 1 is 1.10 bits per heavy atom. The van der Waals surface area contributed by atoms with E-state index in [1.165, 1.54) is 45.0 Å². The van der Waals surface area contributed by atoms with Crippen molar-refractivity contribution in [3.63, 3.8) is 0 Å². The lowest BCUT2D eigenvalue weighted by atomic mass is 10.1. The third kappa shape index (κ3) is 3.94. The molecule has 1 amide bonds. The largest absolute Gasteiger partial charge is 0.330 e. The Bertz CT molecular complexity index is 1430. The van der Waals surface area contributed by atoms with Gasteiger partial charge in [-0.1, -0.05) is 0 Å². The zero-order valence-electron chi connectivity index (χ0n) is 17.0. The minimum absolute atomic E-state index is 0.0157. The van der Waals surface area contributed by atoms with Crippen LogP contribution in [0.3, 0.4) is 0 Å². The number of aromatic nitrogens is 2. The summed E-state index contributed by atoms with van der Waals surface area (Å²) in [5.74, 6) is -1.52. The van der Waals surface area contributed by atoms with Crippen LogP contribution in [0.15, 0.2) is 50.9 Å². The second-order valence-corrected chi connectivity index (χ2v) is 8.35. The molecule has 10 nitrogen and oxygen atoms in total. The maximum absolute atomic E-state index is 13.7. The quantitative estimate of drug-likeness (QED) is 0.575. The van der Waals surface area contributed by atoms with E-state index in [-0.39, 0.29) is 27.0 Å². The van der Waals surface area contributed by atoms with Gasteiger partial charge in [0.05, 0.1) is 34.2 Å². The van der Waals surface area contributed by atoms with Crippen LogP contribution in [0.4, 0.5) is 10.1 Å². The number of rotatable bonds is 5. The van der Waals surface area contributed by atoms with E-state index < -0.39 is 33.0 Å². The van der Waals surface area contributed by atoms with Gasteiger partial charge in [-0.25, -0.2) is 22.7 Å². The molecule has 0 atom stereocenters. The van der Waals surface area contributed by atoms with E-state index >= 15 is 0 Å². The molecule has 0 fully saturated rings. The van der Waals surface area contributed by atoms with Crippen LogP contribution in [-0.4, -0.2) is 42.7 Å². The van der Waals surface area contributed by atoms with Crippen molar-refractivity contribution in [3.8, 4) is 0 Å². The SMILES string of the molecule is CON(C)C(=O)c1cc(F)ccc1NS(=O)(=O)c1ccc2c(c1)c(=O)n(C)c(=O)n2C. The van der Waals surface area contributed by atoms with Crippen LogP contribution in [0.5, 0.6) is 0 Å². The van der Waals surface area contributed by atoms with Crippen LogP contribution in [-0.2, 0) is 29.0 Å². The van der Waals surface area contributed by atoms with Crippen LogP contribution >= 0.6 is 0 Å². The molecular formula is C19H19FN4O6S. The number of hydrogen-bond donors (Lipinski definition) is 1. The lowest BCUT2D eigenvalue weighted by Crippen LogP contribution is -2.37. The molecule has 0 aliphatic heterocycles. The summed E-state index contributed by atoms with van der Waals surface area (Å²) in [5.41, 5.74) is -1.40. The third-order valence-corrected chi connectivity index (χ3v) is 6.13. The second-order valence-electron chi connectivity index (χ2n) is 6.67. The number of hydrogen-bond acceptors (Lipinski definition) is 6. The number of benzene rings is 2. The monoisotopic (exact) mass is 450 g/mol. The molecule has 3 rings (SSSR count). The fraction of sp³-hybridized carbons (Fsp3) is 0.211. The van der Waals surface area contributed by atoms with Gasteiger partial charge >= 0.3 is 5.69 Å². The van der Waals surface area contributed by atoms with Crippen LogP contribution in [0.1, 0.15) is 10.4 Å². The Kier molecular flexibility index (Phi) is 5.70. The van der Waals surface area contributed by atoms with E-state index in [2.05, 4.69) is 4.72 Å². The fourth-order valence-corrected chi connectivity index (χ4v) is 4.09. The van der Waals surface area contributed by atoms with E-state index in [0.717, 1.165) is 33.9 Å². The Labute approximate surface area is 176 Å². The van der Waals surface area contributed by atoms with Crippen molar-refractivity contribution >= 4 is 32.5 Å². The van der Waals surface area contributed by atoms with Gasteiger partial charge in [-0.3, -0.25) is 28.3 Å². The van der Waals surface area contributed by atoms with Gasteiger partial charge in [0.2, 0.25) is 0 Å². The number of sulfonamides is 1. The summed E-state index contributed by atoms with van der Waals surface area (Å²) in [6.07, 6.45) is 0. The number of fused-ring (bicyclic) bond motifs is 1. The molecule has 0 aliphatic carbocycles. The molecule has 1 N–H and O–H groups in total. The number of hydroxylamine groups is 2. The number of amides is 1. The topological polar surface area (TPSA) is 120 Å². The zero-order chi connectivity index (χ0) is 23.1. The predicted octanol–water partition coefficient (Wildman–Crippen LogP) is 0.810. The van der Waals surface area contributed by atoms with Crippen molar-refractivity contribution in [2.24, 2.45) is 14.1 Å². The molecule has 1 heterocycles. The van der Waals surface area contributed by atoms with Gasteiger partial charge < -0.3 is 0 Å². The highest BCUT2D eigenvalue weighted by Gasteiger charge is 2.23. The highest BCUT2D eigenvalue weighted by molar-refractivity contribution is 7.92. The number of halogens is 1. The Morgan fingerprint density at radius 3 is 2.42 bits per heavy atom. The maximum Gasteiger partial charge on any atom is 0.330 e. The van der Waals surface area contributed by atoms with E-state index in [9.17, 15) is 27.2 Å². The summed E-state index contributed by atoms with van der Waals surface area (Å²) in [7, 11) is 0.976. The van der Waals surface area contributed by atoms with Crippen molar-refractivity contribution < 1.29 is 22.4 Å². The van der Waals surface area contributed by atoms with Crippen molar-refractivity contribution in [1.82, 2.24) is 14.2 Å². The molecule has 0 unspecified atom stereocenters. The molecule has 164 valence electrons. The lowest BCUT2D eigenvalue weighted by molar-refractivity contribution is -0.0756. The summed E-state index contributed by atoms with van der Waals surface area (Å²) in [6, 6.07) is 6.66. The van der Waals surface area contributed by atoms with Crippen LogP contribution in [0, 0.1) is 5.82 Å². The van der Waals surface area contributed by atoms with E-state index in [1.807, 2.05) is 0 Å². The smallest absolute Gasteiger partial charge is 0.296 e. The molecule has 0 aliphatic rings. The van der Waals surface area contributed by atoms with E-state index in [1.54, 1.807) is 0 Å². The zero-order valence-corrected chi connectivity index (χ0v) is 17.9. The van der Waals surface area contributed by atoms with Crippen molar-refractivity contribution in [1.29, 1.82) is 0 Å². The average molecular weight is 450 g/mol. The molecule has 31 heavy (non-hydrogen) atoms. The van der Waals surface area contributed by atoms with E-state index in [4.69, 9.17) is 4.84 Å². The van der Waals surface area contributed by atoms with Gasteiger partial charge in [0.25, 0.3) is 21.5 Å². The summed E-state index contributed by atoms with van der Waals surface area (Å²) >= 11 is 0. The first-order chi connectivity index (χ1) is 14.5. The summed E-state index contributed by atoms with van der Waals surface area (Å²) in [4.78, 5) is 41.4. The molecule has 2 aromatic carbocycles. The summed E-state index contributed by atoms with van der Waals surface area (Å²) < 4.78 is 43.9. The first-order valence-electron chi connectivity index (χ1n) is 8.82. The van der Waals surface area contributed by atoms with Gasteiger partial charge in [0.15, 0.2) is 0 Å². The predicted molar refractivity (Wildman–Crippen MR) is 111 cm³/mol. The molecule has 0 saturated carbocycles. The van der Waals surface area contributed by atoms with Gasteiger partial charge in [0, 0.05) is 21.1 Å². The van der Waals surface area contributed by atoms with Gasteiger partial charge in [-0.05, 0) is 36.4 Å². The van der Waals surface area contributed by atoms with E-state index in [0.29, 0.717) is 0 Å². The summed E-state index contributed by atoms with van der Waals surface area (Å²) in [6.45, 7) is 0. The second kappa shape index (κ2) is 7.96. The highest BCUT2D eigenvalue weighted by Crippen LogP contribution is 2.24. The standard InChI is InChI=1S/C19H19FN4O6S/c1-22-16-8-6-12(10-14(16)17(25)23(2)19(22)27)31(28,29)21-15-7-5-11(20)9-13(15)18(26)24(3)30-4/h5-10,21H,1-4H3. The normalized spacial score (nSPS) is 11.5. The van der Waals surface area contributed by atoms with Crippen molar-refractivity contribution in [3.05, 3.63) is 68.6 Å². The van der Waals surface area contributed by atoms with Crippen LogP contribution < -0.4 is 16.0 Å². The first kappa shape index (κ1) is 22.2. The Morgan fingerprint density at radius 2 is 1.77 bits per heavy atom. The van der Waals surface area contributed by atoms with Gasteiger partial charge in [-0.2, -0.15) is 0 Å². The number of aryl methyl sites for hydroxylation is 1. The first-order valence-corrected chi connectivity index (χ1v) is 10.3. The van der Waals surface area contributed by atoms with Crippen LogP contribution in [0.2, 0.25) is 0 Å². The summed E-state index contributed by atoms with van der Waals surface area (Å²) in [5, 5.41) is 0.828. The molecule has 3 aromatic rings.